The van der Waals surface area contributed by atoms with Crippen molar-refractivity contribution in [1.82, 2.24) is 10.3 Å². The van der Waals surface area contributed by atoms with Crippen LogP contribution in [0.5, 0.6) is 5.75 Å². The largest absolute Gasteiger partial charge is 0.492 e. The Bertz CT molecular complexity index is 1130. The molecule has 0 bridgehead atoms. The lowest BCUT2D eigenvalue weighted by Crippen LogP contribution is -2.43. The topological polar surface area (TPSA) is 92.5 Å². The van der Waals surface area contributed by atoms with Crippen molar-refractivity contribution >= 4 is 45.5 Å². The summed E-state index contributed by atoms with van der Waals surface area (Å²) < 4.78 is 19.5. The second-order valence-electron chi connectivity index (χ2n) is 7.17. The first kappa shape index (κ1) is 21.1. The van der Waals surface area contributed by atoms with Gasteiger partial charge in [0.05, 0.1) is 34.1 Å². The lowest BCUT2D eigenvalue weighted by molar-refractivity contribution is 0.100. The van der Waals surface area contributed by atoms with E-state index in [1.807, 2.05) is 19.1 Å². The normalized spacial score (nSPS) is 14.0. The molecule has 1 aliphatic heterocycles. The lowest BCUT2D eigenvalue weighted by atomic mass is 10.1. The standard InChI is InChI=1S/C22H23ClFN5O2/c1-2-31-20-11-18-14(10-19(20)29-7-5-26-6-8-29)21(15(12-27-18)22(25)30)28-13-3-4-17(24)16(23)9-13/h3-4,9-12,26H,2,5-8H2,1H3,(H2,25,30)(H,27,28). The molecule has 1 amide bonds. The van der Waals surface area contributed by atoms with Crippen molar-refractivity contribution in [1.29, 1.82) is 0 Å². The van der Waals surface area contributed by atoms with Crippen LogP contribution < -0.4 is 26.0 Å². The number of carbonyl (C=O) groups excluding carboxylic acids is 1. The highest BCUT2D eigenvalue weighted by Gasteiger charge is 2.20. The number of anilines is 3. The summed E-state index contributed by atoms with van der Waals surface area (Å²) in [4.78, 5) is 18.8. The maximum atomic E-state index is 13.6. The number of aromatic nitrogens is 1. The monoisotopic (exact) mass is 443 g/mol. The molecule has 4 N–H and O–H groups in total. The van der Waals surface area contributed by atoms with E-state index in [4.69, 9.17) is 22.1 Å². The Morgan fingerprint density at radius 2 is 2.10 bits per heavy atom. The summed E-state index contributed by atoms with van der Waals surface area (Å²) in [5, 5.41) is 7.20. The summed E-state index contributed by atoms with van der Waals surface area (Å²) in [6, 6.07) is 8.09. The van der Waals surface area contributed by atoms with Gasteiger partial charge in [0.15, 0.2) is 0 Å². The molecule has 9 heteroatoms. The number of ether oxygens (including phenoxy) is 1. The number of nitrogens with two attached hydrogens (primary N) is 1. The third kappa shape index (κ3) is 4.35. The first-order valence-corrected chi connectivity index (χ1v) is 10.4. The van der Waals surface area contributed by atoms with Gasteiger partial charge >= 0.3 is 0 Å². The first-order chi connectivity index (χ1) is 15.0. The van der Waals surface area contributed by atoms with Crippen LogP contribution in [0.25, 0.3) is 10.9 Å². The van der Waals surface area contributed by atoms with Crippen LogP contribution in [0.1, 0.15) is 17.3 Å². The minimum absolute atomic E-state index is 0.0240. The van der Waals surface area contributed by atoms with Crippen LogP contribution in [0, 0.1) is 5.82 Å². The van der Waals surface area contributed by atoms with Gasteiger partial charge in [-0.3, -0.25) is 9.78 Å². The van der Waals surface area contributed by atoms with Crippen molar-refractivity contribution in [3.63, 3.8) is 0 Å². The van der Waals surface area contributed by atoms with Gasteiger partial charge in [-0.1, -0.05) is 11.6 Å². The fourth-order valence-electron chi connectivity index (χ4n) is 3.67. The van der Waals surface area contributed by atoms with Crippen LogP contribution >= 0.6 is 11.6 Å². The van der Waals surface area contributed by atoms with Crippen LogP contribution in [0.3, 0.4) is 0 Å². The second kappa shape index (κ2) is 8.95. The zero-order valence-electron chi connectivity index (χ0n) is 17.0. The lowest BCUT2D eigenvalue weighted by Gasteiger charge is -2.31. The Morgan fingerprint density at radius 1 is 1.32 bits per heavy atom. The van der Waals surface area contributed by atoms with Gasteiger partial charge in [0.2, 0.25) is 0 Å². The number of pyridine rings is 1. The number of nitrogens with zero attached hydrogens (tertiary/aromatic N) is 2. The molecule has 0 radical (unpaired) electrons. The van der Waals surface area contributed by atoms with E-state index in [1.165, 1.54) is 18.3 Å². The zero-order valence-corrected chi connectivity index (χ0v) is 17.8. The van der Waals surface area contributed by atoms with E-state index < -0.39 is 11.7 Å². The van der Waals surface area contributed by atoms with Gasteiger partial charge in [0, 0.05) is 49.5 Å². The number of primary amides is 1. The van der Waals surface area contributed by atoms with Crippen LogP contribution in [0.2, 0.25) is 5.02 Å². The number of hydrogen-bond acceptors (Lipinski definition) is 6. The molecular formula is C22H23ClFN5O2. The summed E-state index contributed by atoms with van der Waals surface area (Å²) in [7, 11) is 0. The third-order valence-electron chi connectivity index (χ3n) is 5.16. The van der Waals surface area contributed by atoms with Crippen molar-refractivity contribution in [2.24, 2.45) is 5.73 Å². The highest BCUT2D eigenvalue weighted by atomic mass is 35.5. The van der Waals surface area contributed by atoms with Crippen molar-refractivity contribution in [3.8, 4) is 5.75 Å². The predicted molar refractivity (Wildman–Crippen MR) is 121 cm³/mol. The van der Waals surface area contributed by atoms with E-state index >= 15 is 0 Å². The summed E-state index contributed by atoms with van der Waals surface area (Å²) >= 11 is 5.93. The SMILES string of the molecule is CCOc1cc2ncc(C(N)=O)c(Nc3ccc(F)c(Cl)c3)c2cc1N1CCNCC1. The fourth-order valence-corrected chi connectivity index (χ4v) is 3.85. The summed E-state index contributed by atoms with van der Waals surface area (Å²) in [6.45, 7) is 5.82. The van der Waals surface area contributed by atoms with Gasteiger partial charge in [0.25, 0.3) is 5.91 Å². The molecule has 162 valence electrons. The van der Waals surface area contributed by atoms with Gasteiger partial charge in [-0.2, -0.15) is 0 Å². The van der Waals surface area contributed by atoms with Crippen molar-refractivity contribution in [2.75, 3.05) is 43.0 Å². The molecule has 0 spiro atoms. The molecule has 2 heterocycles. The molecular weight excluding hydrogens is 421 g/mol. The van der Waals surface area contributed by atoms with E-state index in [1.54, 1.807) is 6.07 Å². The number of amides is 1. The Balaban J connectivity index is 1.89. The highest BCUT2D eigenvalue weighted by molar-refractivity contribution is 6.31. The third-order valence-corrected chi connectivity index (χ3v) is 5.45. The van der Waals surface area contributed by atoms with E-state index in [-0.39, 0.29) is 10.6 Å². The Kier molecular flexibility index (Phi) is 6.11. The van der Waals surface area contributed by atoms with Crippen molar-refractivity contribution < 1.29 is 13.9 Å². The molecule has 1 saturated heterocycles. The number of carbonyl (C=O) groups is 1. The number of piperazine rings is 1. The molecule has 0 saturated carbocycles. The molecule has 0 aliphatic carbocycles. The maximum absolute atomic E-state index is 13.6. The van der Waals surface area contributed by atoms with E-state index in [0.29, 0.717) is 28.9 Å². The highest BCUT2D eigenvalue weighted by Crippen LogP contribution is 2.38. The molecule has 1 fully saturated rings. The average molecular weight is 444 g/mol. The van der Waals surface area contributed by atoms with Gasteiger partial charge in [-0.25, -0.2) is 4.39 Å². The molecule has 7 nitrogen and oxygen atoms in total. The smallest absolute Gasteiger partial charge is 0.252 e. The molecule has 2 aromatic carbocycles. The number of rotatable bonds is 6. The minimum atomic E-state index is -0.622. The number of fused-ring (bicyclic) bond motifs is 1. The minimum Gasteiger partial charge on any atom is -0.492 e. The van der Waals surface area contributed by atoms with Crippen molar-refractivity contribution in [3.05, 3.63) is 52.9 Å². The molecule has 1 aromatic heterocycles. The van der Waals surface area contributed by atoms with Crippen LogP contribution in [-0.2, 0) is 0 Å². The summed E-state index contributed by atoms with van der Waals surface area (Å²) in [6.07, 6.45) is 1.43. The van der Waals surface area contributed by atoms with Gasteiger partial charge in [0.1, 0.15) is 11.6 Å². The predicted octanol–water partition coefficient (Wildman–Crippen LogP) is 3.68. The van der Waals surface area contributed by atoms with Crippen LogP contribution in [0.4, 0.5) is 21.5 Å². The number of hydrogen-bond donors (Lipinski definition) is 3. The van der Waals surface area contributed by atoms with Crippen LogP contribution in [-0.4, -0.2) is 43.7 Å². The molecule has 0 unspecified atom stereocenters. The average Bonchev–Trinajstić information content (AvgIpc) is 2.76. The summed E-state index contributed by atoms with van der Waals surface area (Å²) in [5.41, 5.74) is 8.42. The number of benzene rings is 2. The number of nitrogens with one attached hydrogen (secondary N) is 2. The van der Waals surface area contributed by atoms with Gasteiger partial charge < -0.3 is 26.0 Å². The van der Waals surface area contributed by atoms with Crippen molar-refractivity contribution in [2.45, 2.75) is 6.92 Å². The fraction of sp³-hybridized carbons (Fsp3) is 0.273. The first-order valence-electron chi connectivity index (χ1n) is 10.0. The Morgan fingerprint density at radius 3 is 2.77 bits per heavy atom. The maximum Gasteiger partial charge on any atom is 0.252 e. The van der Waals surface area contributed by atoms with Gasteiger partial charge in [-0.15, -0.1) is 0 Å². The Hall–Kier alpha value is -3.10. The summed E-state index contributed by atoms with van der Waals surface area (Å²) in [5.74, 6) is -0.418. The molecule has 3 aromatic rings. The number of halogens is 2. The molecule has 4 rings (SSSR count). The van der Waals surface area contributed by atoms with Gasteiger partial charge in [-0.05, 0) is 31.2 Å². The van der Waals surface area contributed by atoms with E-state index in [9.17, 15) is 9.18 Å². The molecule has 0 atom stereocenters. The Labute approximate surface area is 184 Å². The van der Waals surface area contributed by atoms with E-state index in [0.717, 1.165) is 37.6 Å². The van der Waals surface area contributed by atoms with E-state index in [2.05, 4.69) is 20.5 Å². The zero-order chi connectivity index (χ0) is 22.0. The second-order valence-corrected chi connectivity index (χ2v) is 7.58. The molecule has 1 aliphatic rings. The quantitative estimate of drug-likeness (QED) is 0.538. The molecule has 31 heavy (non-hydrogen) atoms. The van der Waals surface area contributed by atoms with Crippen LogP contribution in [0.15, 0.2) is 36.5 Å².